The molecule has 1 aromatic heterocycles. The molecule has 1 atom stereocenters. The van der Waals surface area contributed by atoms with Crippen LogP contribution in [-0.2, 0) is 21.1 Å². The molecule has 0 aliphatic carbocycles. The lowest BCUT2D eigenvalue weighted by atomic mass is 10.1. The van der Waals surface area contributed by atoms with E-state index < -0.39 is 15.1 Å². The van der Waals surface area contributed by atoms with Gasteiger partial charge in [-0.15, -0.1) is 11.3 Å². The van der Waals surface area contributed by atoms with Crippen molar-refractivity contribution in [1.82, 2.24) is 5.32 Å². The number of hydrogen-bond acceptors (Lipinski definition) is 4. The number of hydrogen-bond donors (Lipinski definition) is 1. The highest BCUT2D eigenvalue weighted by Gasteiger charge is 2.29. The summed E-state index contributed by atoms with van der Waals surface area (Å²) >= 11 is 1.51. The SMILES string of the molecule is O=C(Cc1cccs1)NC[C@H](c1ccccc1)S(=O)(=O)c1ccccc1. The normalized spacial score (nSPS) is 12.5. The first kappa shape index (κ1) is 18.4. The monoisotopic (exact) mass is 385 g/mol. The van der Waals surface area contributed by atoms with Gasteiger partial charge in [-0.3, -0.25) is 4.79 Å². The third kappa shape index (κ3) is 4.39. The predicted molar refractivity (Wildman–Crippen MR) is 104 cm³/mol. The summed E-state index contributed by atoms with van der Waals surface area (Å²) in [6.07, 6.45) is 0.255. The molecule has 2 aromatic carbocycles. The quantitative estimate of drug-likeness (QED) is 0.676. The van der Waals surface area contributed by atoms with Gasteiger partial charge in [0, 0.05) is 11.4 Å². The average molecular weight is 386 g/mol. The molecule has 0 radical (unpaired) electrons. The Kier molecular flexibility index (Phi) is 5.85. The standard InChI is InChI=1S/C20H19NO3S2/c22-20(14-17-10-7-13-25-17)21-15-19(16-8-3-1-4-9-16)26(23,24)18-11-5-2-6-12-18/h1-13,19H,14-15H2,(H,21,22)/t19-/m1/s1. The van der Waals surface area contributed by atoms with Crippen LogP contribution in [0.4, 0.5) is 0 Å². The van der Waals surface area contributed by atoms with Crippen molar-refractivity contribution in [3.05, 3.63) is 88.6 Å². The molecule has 3 aromatic rings. The lowest BCUT2D eigenvalue weighted by Crippen LogP contribution is -2.32. The molecule has 0 aliphatic rings. The van der Waals surface area contributed by atoms with Crippen LogP contribution in [0.5, 0.6) is 0 Å². The Hall–Kier alpha value is -2.44. The summed E-state index contributed by atoms with van der Waals surface area (Å²) in [6.45, 7) is 0.0332. The van der Waals surface area contributed by atoms with Gasteiger partial charge >= 0.3 is 0 Å². The second kappa shape index (κ2) is 8.29. The van der Waals surface area contributed by atoms with Crippen LogP contribution in [0.15, 0.2) is 83.1 Å². The lowest BCUT2D eigenvalue weighted by molar-refractivity contribution is -0.120. The predicted octanol–water partition coefficient (Wildman–Crippen LogP) is 3.62. The van der Waals surface area contributed by atoms with Crippen LogP contribution in [0.3, 0.4) is 0 Å². The highest BCUT2D eigenvalue weighted by molar-refractivity contribution is 7.91. The average Bonchev–Trinajstić information content (AvgIpc) is 3.16. The third-order valence-electron chi connectivity index (χ3n) is 4.02. The summed E-state index contributed by atoms with van der Waals surface area (Å²) in [5, 5.41) is 3.86. The molecule has 26 heavy (non-hydrogen) atoms. The van der Waals surface area contributed by atoms with Crippen molar-refractivity contribution in [2.75, 3.05) is 6.54 Å². The van der Waals surface area contributed by atoms with Crippen molar-refractivity contribution in [2.24, 2.45) is 0 Å². The van der Waals surface area contributed by atoms with Crippen LogP contribution in [0.2, 0.25) is 0 Å². The minimum atomic E-state index is -3.62. The minimum Gasteiger partial charge on any atom is -0.354 e. The molecule has 1 N–H and O–H groups in total. The highest BCUT2D eigenvalue weighted by atomic mass is 32.2. The van der Waals surface area contributed by atoms with E-state index >= 15 is 0 Å². The van der Waals surface area contributed by atoms with Crippen molar-refractivity contribution in [2.45, 2.75) is 16.6 Å². The van der Waals surface area contributed by atoms with Gasteiger partial charge in [-0.1, -0.05) is 54.6 Å². The maximum Gasteiger partial charge on any atom is 0.225 e. The molecule has 0 bridgehead atoms. The fourth-order valence-corrected chi connectivity index (χ4v) is 5.08. The van der Waals surface area contributed by atoms with E-state index in [1.165, 1.54) is 11.3 Å². The molecule has 0 saturated heterocycles. The van der Waals surface area contributed by atoms with E-state index in [0.717, 1.165) is 4.88 Å². The Balaban J connectivity index is 1.82. The largest absolute Gasteiger partial charge is 0.354 e. The van der Waals surface area contributed by atoms with Gasteiger partial charge in [-0.05, 0) is 29.1 Å². The van der Waals surface area contributed by atoms with Gasteiger partial charge in [-0.2, -0.15) is 0 Å². The first-order valence-corrected chi connectivity index (χ1v) is 10.6. The minimum absolute atomic E-state index is 0.0332. The molecule has 0 saturated carbocycles. The molecule has 0 unspecified atom stereocenters. The molecule has 3 rings (SSSR count). The summed E-state index contributed by atoms with van der Waals surface area (Å²) in [6, 6.07) is 21.1. The van der Waals surface area contributed by atoms with E-state index in [-0.39, 0.29) is 23.8 Å². The Morgan fingerprint density at radius 3 is 2.19 bits per heavy atom. The number of thiophene rings is 1. The van der Waals surface area contributed by atoms with Crippen LogP contribution < -0.4 is 5.32 Å². The molecular formula is C20H19NO3S2. The van der Waals surface area contributed by atoms with E-state index in [0.29, 0.717) is 5.56 Å². The Morgan fingerprint density at radius 2 is 1.58 bits per heavy atom. The van der Waals surface area contributed by atoms with Gasteiger partial charge in [0.2, 0.25) is 5.91 Å². The fraction of sp³-hybridized carbons (Fsp3) is 0.150. The van der Waals surface area contributed by atoms with Gasteiger partial charge in [0.1, 0.15) is 5.25 Å². The molecule has 0 spiro atoms. The maximum absolute atomic E-state index is 13.1. The zero-order chi connectivity index (χ0) is 18.4. The summed E-state index contributed by atoms with van der Waals surface area (Å²) < 4.78 is 26.2. The van der Waals surface area contributed by atoms with Gasteiger partial charge in [0.25, 0.3) is 0 Å². The van der Waals surface area contributed by atoms with E-state index in [2.05, 4.69) is 5.32 Å². The maximum atomic E-state index is 13.1. The first-order chi connectivity index (χ1) is 12.6. The third-order valence-corrected chi connectivity index (χ3v) is 7.01. The molecule has 0 aliphatic heterocycles. The molecular weight excluding hydrogens is 366 g/mol. The van der Waals surface area contributed by atoms with Gasteiger partial charge in [-0.25, -0.2) is 8.42 Å². The van der Waals surface area contributed by atoms with Crippen molar-refractivity contribution >= 4 is 27.1 Å². The molecule has 1 heterocycles. The zero-order valence-electron chi connectivity index (χ0n) is 14.0. The highest BCUT2D eigenvalue weighted by Crippen LogP contribution is 2.28. The van der Waals surface area contributed by atoms with Crippen molar-refractivity contribution in [1.29, 1.82) is 0 Å². The Bertz CT molecular complexity index is 937. The van der Waals surface area contributed by atoms with Crippen LogP contribution in [-0.4, -0.2) is 20.9 Å². The number of amides is 1. The number of carbonyl (C=O) groups excluding carboxylic acids is 1. The number of nitrogens with one attached hydrogen (secondary N) is 1. The molecule has 6 heteroatoms. The van der Waals surface area contributed by atoms with E-state index in [9.17, 15) is 13.2 Å². The fourth-order valence-electron chi connectivity index (χ4n) is 2.69. The van der Waals surface area contributed by atoms with Crippen molar-refractivity contribution in [3.8, 4) is 0 Å². The summed E-state index contributed by atoms with van der Waals surface area (Å²) in [5.41, 5.74) is 0.660. The number of rotatable bonds is 7. The van der Waals surface area contributed by atoms with E-state index in [4.69, 9.17) is 0 Å². The van der Waals surface area contributed by atoms with E-state index in [1.807, 2.05) is 23.6 Å². The number of carbonyl (C=O) groups is 1. The van der Waals surface area contributed by atoms with Crippen molar-refractivity contribution in [3.63, 3.8) is 0 Å². The van der Waals surface area contributed by atoms with Gasteiger partial charge in [0.15, 0.2) is 9.84 Å². The smallest absolute Gasteiger partial charge is 0.225 e. The van der Waals surface area contributed by atoms with Crippen LogP contribution >= 0.6 is 11.3 Å². The van der Waals surface area contributed by atoms with Gasteiger partial charge in [0.05, 0.1) is 11.3 Å². The molecule has 134 valence electrons. The second-order valence-electron chi connectivity index (χ2n) is 5.82. The summed E-state index contributed by atoms with van der Waals surface area (Å²) in [5.74, 6) is -0.184. The van der Waals surface area contributed by atoms with Crippen LogP contribution in [0, 0.1) is 0 Å². The van der Waals surface area contributed by atoms with Crippen LogP contribution in [0.25, 0.3) is 0 Å². The Labute approximate surface area is 157 Å². The molecule has 1 amide bonds. The molecule has 0 fully saturated rings. The topological polar surface area (TPSA) is 63.2 Å². The lowest BCUT2D eigenvalue weighted by Gasteiger charge is -2.19. The number of sulfone groups is 1. The number of benzene rings is 2. The zero-order valence-corrected chi connectivity index (χ0v) is 15.7. The molecule has 4 nitrogen and oxygen atoms in total. The second-order valence-corrected chi connectivity index (χ2v) is 8.98. The van der Waals surface area contributed by atoms with Crippen molar-refractivity contribution < 1.29 is 13.2 Å². The van der Waals surface area contributed by atoms with E-state index in [1.54, 1.807) is 54.6 Å². The summed E-state index contributed by atoms with van der Waals surface area (Å²) in [4.78, 5) is 13.4. The van der Waals surface area contributed by atoms with Gasteiger partial charge < -0.3 is 5.32 Å². The first-order valence-electron chi connectivity index (χ1n) is 8.20. The Morgan fingerprint density at radius 1 is 0.923 bits per heavy atom. The summed E-state index contributed by atoms with van der Waals surface area (Å²) in [7, 11) is -3.62. The van der Waals surface area contributed by atoms with Crippen LogP contribution in [0.1, 0.15) is 15.7 Å².